The number of benzene rings is 1. The van der Waals surface area contributed by atoms with Gasteiger partial charge in [-0.3, -0.25) is 14.7 Å². The molecule has 124 valence electrons. The fourth-order valence-electron chi connectivity index (χ4n) is 3.24. The molecule has 1 aliphatic heterocycles. The maximum atomic E-state index is 10.8. The Morgan fingerprint density at radius 3 is 2.88 bits per heavy atom. The number of aromatic nitrogens is 4. The molecule has 2 N–H and O–H groups in total. The van der Waals surface area contributed by atoms with Crippen LogP contribution < -0.4 is 0 Å². The number of aryl methyl sites for hydroxylation is 1. The van der Waals surface area contributed by atoms with Crippen molar-refractivity contribution in [2.24, 2.45) is 7.05 Å². The zero-order valence-electron chi connectivity index (χ0n) is 13.3. The van der Waals surface area contributed by atoms with Crippen LogP contribution in [-0.2, 0) is 19.2 Å². The van der Waals surface area contributed by atoms with Crippen LogP contribution in [0.4, 0.5) is 0 Å². The molecule has 3 heterocycles. The third kappa shape index (κ3) is 2.79. The second-order valence-corrected chi connectivity index (χ2v) is 7.28. The standard InChI is InChI=1S/C17H18BrN5O/c1-22-8-13(7-20-22)16-12(6-19-21-16)9-23-10-17(24,11-23)14-3-2-4-15(18)5-14/h2-8,24H,9-11H2,1H3,(H,19,21). The van der Waals surface area contributed by atoms with Crippen molar-refractivity contribution >= 4 is 15.9 Å². The summed E-state index contributed by atoms with van der Waals surface area (Å²) in [5.41, 5.74) is 3.29. The molecule has 0 bridgehead atoms. The predicted octanol–water partition coefficient (Wildman–Crippen LogP) is 2.28. The van der Waals surface area contributed by atoms with Gasteiger partial charge in [0, 0.05) is 48.5 Å². The molecule has 0 atom stereocenters. The largest absolute Gasteiger partial charge is 0.382 e. The number of likely N-dealkylation sites (tertiary alicyclic amines) is 1. The molecule has 2 aromatic heterocycles. The second-order valence-electron chi connectivity index (χ2n) is 6.36. The van der Waals surface area contributed by atoms with E-state index in [-0.39, 0.29) is 0 Å². The van der Waals surface area contributed by atoms with Gasteiger partial charge in [0.2, 0.25) is 0 Å². The van der Waals surface area contributed by atoms with E-state index in [1.54, 1.807) is 4.68 Å². The summed E-state index contributed by atoms with van der Waals surface area (Å²) in [6, 6.07) is 7.88. The number of aliphatic hydroxyl groups is 1. The fourth-order valence-corrected chi connectivity index (χ4v) is 3.64. The summed E-state index contributed by atoms with van der Waals surface area (Å²) in [5, 5.41) is 22.2. The first-order valence-electron chi connectivity index (χ1n) is 7.75. The molecule has 1 fully saturated rings. The topological polar surface area (TPSA) is 70.0 Å². The zero-order chi connectivity index (χ0) is 16.7. The van der Waals surface area contributed by atoms with Crippen molar-refractivity contribution in [3.8, 4) is 11.3 Å². The van der Waals surface area contributed by atoms with Gasteiger partial charge in [-0.2, -0.15) is 10.2 Å². The molecule has 0 amide bonds. The molecule has 0 aliphatic carbocycles. The van der Waals surface area contributed by atoms with Crippen LogP contribution in [0, 0.1) is 0 Å². The number of halogens is 1. The summed E-state index contributed by atoms with van der Waals surface area (Å²) in [6.45, 7) is 1.97. The van der Waals surface area contributed by atoms with Crippen molar-refractivity contribution in [3.05, 3.63) is 58.5 Å². The minimum absolute atomic E-state index is 0.612. The minimum Gasteiger partial charge on any atom is -0.382 e. The summed E-state index contributed by atoms with van der Waals surface area (Å²) in [7, 11) is 1.90. The van der Waals surface area contributed by atoms with Gasteiger partial charge in [0.1, 0.15) is 5.60 Å². The number of hydrogen-bond acceptors (Lipinski definition) is 4. The van der Waals surface area contributed by atoms with Crippen LogP contribution in [0.2, 0.25) is 0 Å². The lowest BCUT2D eigenvalue weighted by Gasteiger charge is -2.47. The highest BCUT2D eigenvalue weighted by atomic mass is 79.9. The summed E-state index contributed by atoms with van der Waals surface area (Å²) >= 11 is 3.46. The van der Waals surface area contributed by atoms with Gasteiger partial charge in [-0.25, -0.2) is 0 Å². The number of nitrogens with zero attached hydrogens (tertiary/aromatic N) is 4. The van der Waals surface area contributed by atoms with Crippen molar-refractivity contribution in [2.75, 3.05) is 13.1 Å². The van der Waals surface area contributed by atoms with Crippen LogP contribution in [-0.4, -0.2) is 43.1 Å². The lowest BCUT2D eigenvalue weighted by molar-refractivity contribution is -0.107. The molecule has 1 aromatic carbocycles. The van der Waals surface area contributed by atoms with Crippen LogP contribution in [0.1, 0.15) is 11.1 Å². The molecule has 7 heteroatoms. The van der Waals surface area contributed by atoms with E-state index < -0.39 is 5.60 Å². The maximum absolute atomic E-state index is 10.8. The summed E-state index contributed by atoms with van der Waals surface area (Å²) in [4.78, 5) is 2.21. The highest BCUT2D eigenvalue weighted by Crippen LogP contribution is 2.35. The van der Waals surface area contributed by atoms with E-state index in [0.29, 0.717) is 13.1 Å². The summed E-state index contributed by atoms with van der Waals surface area (Å²) in [5.74, 6) is 0. The van der Waals surface area contributed by atoms with Crippen LogP contribution >= 0.6 is 15.9 Å². The molecule has 0 saturated carbocycles. The van der Waals surface area contributed by atoms with Crippen molar-refractivity contribution in [2.45, 2.75) is 12.1 Å². The smallest absolute Gasteiger partial charge is 0.115 e. The minimum atomic E-state index is -0.776. The van der Waals surface area contributed by atoms with E-state index in [1.807, 2.05) is 49.9 Å². The molecule has 24 heavy (non-hydrogen) atoms. The van der Waals surface area contributed by atoms with Gasteiger partial charge in [-0.1, -0.05) is 28.1 Å². The van der Waals surface area contributed by atoms with Crippen LogP contribution in [0.3, 0.4) is 0 Å². The predicted molar refractivity (Wildman–Crippen MR) is 94.1 cm³/mol. The van der Waals surface area contributed by atoms with E-state index in [2.05, 4.69) is 36.1 Å². The van der Waals surface area contributed by atoms with Gasteiger partial charge < -0.3 is 5.11 Å². The Kier molecular flexibility index (Phi) is 3.79. The highest BCUT2D eigenvalue weighted by molar-refractivity contribution is 9.10. The van der Waals surface area contributed by atoms with Gasteiger partial charge in [-0.15, -0.1) is 0 Å². The Bertz CT molecular complexity index is 865. The first-order valence-corrected chi connectivity index (χ1v) is 8.55. The number of hydrogen-bond donors (Lipinski definition) is 2. The van der Waals surface area contributed by atoms with Gasteiger partial charge in [-0.05, 0) is 17.7 Å². The first-order chi connectivity index (χ1) is 11.5. The molecule has 0 unspecified atom stereocenters. The quantitative estimate of drug-likeness (QED) is 0.720. The number of β-amino-alcohol motifs (C(OH)–C–C–N with tert-alkyl or cyclic N) is 1. The molecule has 1 saturated heterocycles. The third-order valence-corrected chi connectivity index (χ3v) is 4.93. The highest BCUT2D eigenvalue weighted by Gasteiger charge is 2.42. The van der Waals surface area contributed by atoms with Gasteiger partial charge in [0.05, 0.1) is 18.1 Å². The monoisotopic (exact) mass is 387 g/mol. The van der Waals surface area contributed by atoms with E-state index in [1.165, 1.54) is 0 Å². The van der Waals surface area contributed by atoms with Crippen molar-refractivity contribution in [1.29, 1.82) is 0 Å². The fraction of sp³-hybridized carbons (Fsp3) is 0.294. The number of H-pyrrole nitrogens is 1. The number of rotatable bonds is 4. The Balaban J connectivity index is 1.47. The number of aromatic amines is 1. The Labute approximate surface area is 148 Å². The molecule has 6 nitrogen and oxygen atoms in total. The van der Waals surface area contributed by atoms with Crippen LogP contribution in [0.5, 0.6) is 0 Å². The third-order valence-electron chi connectivity index (χ3n) is 4.44. The van der Waals surface area contributed by atoms with Gasteiger partial charge >= 0.3 is 0 Å². The molecule has 3 aromatic rings. The molecule has 0 radical (unpaired) electrons. The Morgan fingerprint density at radius 2 is 2.17 bits per heavy atom. The van der Waals surface area contributed by atoms with E-state index in [0.717, 1.165) is 33.4 Å². The van der Waals surface area contributed by atoms with Crippen molar-refractivity contribution in [1.82, 2.24) is 24.9 Å². The van der Waals surface area contributed by atoms with Crippen LogP contribution in [0.15, 0.2) is 47.3 Å². The van der Waals surface area contributed by atoms with Crippen LogP contribution in [0.25, 0.3) is 11.3 Å². The maximum Gasteiger partial charge on any atom is 0.115 e. The van der Waals surface area contributed by atoms with E-state index in [9.17, 15) is 5.11 Å². The SMILES string of the molecule is Cn1cc(-c2[nH]ncc2CN2CC(O)(c3cccc(Br)c3)C2)cn1. The van der Waals surface area contributed by atoms with Crippen molar-refractivity contribution in [3.63, 3.8) is 0 Å². The second kappa shape index (κ2) is 5.84. The van der Waals surface area contributed by atoms with Crippen molar-refractivity contribution < 1.29 is 5.11 Å². The molecule has 4 rings (SSSR count). The zero-order valence-corrected chi connectivity index (χ0v) is 14.9. The summed E-state index contributed by atoms with van der Waals surface area (Å²) in [6.07, 6.45) is 5.63. The van der Waals surface area contributed by atoms with E-state index >= 15 is 0 Å². The lowest BCUT2D eigenvalue weighted by Crippen LogP contribution is -2.58. The first kappa shape index (κ1) is 15.6. The number of nitrogens with one attached hydrogen (secondary N) is 1. The lowest BCUT2D eigenvalue weighted by atomic mass is 9.86. The molecular weight excluding hydrogens is 370 g/mol. The van der Waals surface area contributed by atoms with Gasteiger partial charge in [0.25, 0.3) is 0 Å². The average Bonchev–Trinajstić information content (AvgIpc) is 3.14. The Hall–Kier alpha value is -1.96. The average molecular weight is 388 g/mol. The molecule has 1 aliphatic rings. The van der Waals surface area contributed by atoms with E-state index in [4.69, 9.17) is 0 Å². The Morgan fingerprint density at radius 1 is 1.33 bits per heavy atom. The summed E-state index contributed by atoms with van der Waals surface area (Å²) < 4.78 is 2.76. The van der Waals surface area contributed by atoms with Gasteiger partial charge in [0.15, 0.2) is 0 Å². The normalized spacial score (nSPS) is 17.0. The molecular formula is C17H18BrN5O. The molecule has 0 spiro atoms.